The third-order valence-corrected chi connectivity index (χ3v) is 7.77. The number of para-hydroxylation sites is 2. The second-order valence-electron chi connectivity index (χ2n) is 10.6. The number of fused-ring (bicyclic) bond motifs is 1. The van der Waals surface area contributed by atoms with Crippen LogP contribution in [-0.4, -0.2) is 13.6 Å². The minimum atomic E-state index is -0.0385. The van der Waals surface area contributed by atoms with Crippen LogP contribution in [0.25, 0.3) is 22.3 Å². The van der Waals surface area contributed by atoms with Crippen molar-refractivity contribution in [3.05, 3.63) is 108 Å². The Balaban J connectivity index is 1.58. The average molecular weight is 461 g/mol. The number of hydrogen-bond donors (Lipinski definition) is 2. The Labute approximate surface area is 210 Å². The van der Waals surface area contributed by atoms with Gasteiger partial charge in [-0.05, 0) is 64.8 Å². The van der Waals surface area contributed by atoms with E-state index in [0.29, 0.717) is 0 Å². The molecule has 0 aromatic heterocycles. The van der Waals surface area contributed by atoms with E-state index in [9.17, 15) is 0 Å². The van der Waals surface area contributed by atoms with E-state index in [0.717, 1.165) is 18.7 Å². The van der Waals surface area contributed by atoms with Crippen molar-refractivity contribution in [3.63, 3.8) is 0 Å². The quantitative estimate of drug-likeness (QED) is 0.301. The van der Waals surface area contributed by atoms with Crippen molar-refractivity contribution in [1.29, 1.82) is 0 Å². The molecule has 2 nitrogen and oxygen atoms in total. The largest absolute Gasteiger partial charge is 0.388 e. The lowest BCUT2D eigenvalue weighted by molar-refractivity contribution is 0.425. The van der Waals surface area contributed by atoms with Crippen LogP contribution in [0.15, 0.2) is 91.0 Å². The summed E-state index contributed by atoms with van der Waals surface area (Å²) < 4.78 is 0. The summed E-state index contributed by atoms with van der Waals surface area (Å²) in [7, 11) is 2.00. The molecule has 0 aliphatic heterocycles. The maximum absolute atomic E-state index is 3.50. The third-order valence-electron chi connectivity index (χ3n) is 7.77. The summed E-state index contributed by atoms with van der Waals surface area (Å²) in [5.74, 6) is 0. The van der Waals surface area contributed by atoms with Gasteiger partial charge in [0.2, 0.25) is 0 Å². The van der Waals surface area contributed by atoms with Gasteiger partial charge in [0.25, 0.3) is 0 Å². The minimum absolute atomic E-state index is 0.0385. The predicted octanol–water partition coefficient (Wildman–Crippen LogP) is 8.48. The summed E-state index contributed by atoms with van der Waals surface area (Å²) in [5, 5.41) is 6.86. The van der Waals surface area contributed by atoms with Gasteiger partial charge in [-0.15, -0.1) is 0 Å². The fraction of sp³-hybridized carbons (Fsp3) is 0.273. The Morgan fingerprint density at radius 3 is 1.94 bits per heavy atom. The molecule has 0 radical (unpaired) electrons. The molecular formula is C33H36N2. The van der Waals surface area contributed by atoms with Gasteiger partial charge < -0.3 is 10.6 Å². The van der Waals surface area contributed by atoms with Gasteiger partial charge in [0.15, 0.2) is 0 Å². The highest BCUT2D eigenvalue weighted by atomic mass is 14.9. The van der Waals surface area contributed by atoms with Gasteiger partial charge in [0.05, 0.1) is 0 Å². The summed E-state index contributed by atoms with van der Waals surface area (Å²) in [6.07, 6.45) is 1.10. The van der Waals surface area contributed by atoms with E-state index < -0.39 is 0 Å². The molecule has 0 bridgehead atoms. The highest BCUT2D eigenvalue weighted by Gasteiger charge is 2.45. The lowest BCUT2D eigenvalue weighted by Crippen LogP contribution is -2.23. The predicted molar refractivity (Wildman–Crippen MR) is 152 cm³/mol. The van der Waals surface area contributed by atoms with Crippen LogP contribution in [0, 0.1) is 0 Å². The Morgan fingerprint density at radius 1 is 0.686 bits per heavy atom. The monoisotopic (exact) mass is 460 g/mol. The van der Waals surface area contributed by atoms with Crippen LogP contribution in [0.2, 0.25) is 0 Å². The second kappa shape index (κ2) is 8.92. The first-order valence-electron chi connectivity index (χ1n) is 12.7. The normalized spacial score (nSPS) is 18.2. The number of hydrogen-bond acceptors (Lipinski definition) is 2. The first kappa shape index (κ1) is 23.2. The van der Waals surface area contributed by atoms with E-state index in [-0.39, 0.29) is 10.8 Å². The first-order valence-corrected chi connectivity index (χ1v) is 12.7. The first-order chi connectivity index (χ1) is 16.9. The molecule has 35 heavy (non-hydrogen) atoms. The number of nitrogens with one attached hydrogen (secondary N) is 2. The number of benzene rings is 4. The van der Waals surface area contributed by atoms with Gasteiger partial charge in [-0.1, -0.05) is 93.6 Å². The molecule has 2 N–H and O–H groups in total. The van der Waals surface area contributed by atoms with Crippen LogP contribution in [0.3, 0.4) is 0 Å². The molecule has 0 saturated heterocycles. The molecule has 5 rings (SSSR count). The van der Waals surface area contributed by atoms with E-state index in [4.69, 9.17) is 0 Å². The molecule has 2 heteroatoms. The molecule has 1 aliphatic carbocycles. The zero-order chi connectivity index (χ0) is 24.6. The molecule has 0 spiro atoms. The maximum atomic E-state index is 3.50. The van der Waals surface area contributed by atoms with Crippen LogP contribution in [0.4, 0.5) is 11.4 Å². The summed E-state index contributed by atoms with van der Waals surface area (Å²) in [6, 6.07) is 33.5. The number of anilines is 2. The molecule has 4 aromatic carbocycles. The van der Waals surface area contributed by atoms with Gasteiger partial charge in [0.1, 0.15) is 0 Å². The highest BCUT2D eigenvalue weighted by molar-refractivity contribution is 5.80. The highest BCUT2D eigenvalue weighted by Crippen LogP contribution is 2.53. The molecule has 0 fully saturated rings. The van der Waals surface area contributed by atoms with Crippen LogP contribution in [-0.2, 0) is 10.8 Å². The Kier molecular flexibility index (Phi) is 5.92. The van der Waals surface area contributed by atoms with E-state index in [2.05, 4.69) is 129 Å². The van der Waals surface area contributed by atoms with Crippen molar-refractivity contribution < 1.29 is 0 Å². The topological polar surface area (TPSA) is 24.1 Å². The Morgan fingerprint density at radius 2 is 1.29 bits per heavy atom. The van der Waals surface area contributed by atoms with Gasteiger partial charge in [-0.3, -0.25) is 0 Å². The van der Waals surface area contributed by atoms with Crippen LogP contribution < -0.4 is 10.6 Å². The molecule has 178 valence electrons. The molecule has 0 amide bonds. The Bertz CT molecular complexity index is 1350. The standard InChI is InChI=1S/C33H36N2/c1-6-35-31-14-10-8-11-26(31)23-15-18-25(19-16-23)33(4)22-32(2,3)28-20-17-24(21-29(28)33)27-12-7-9-13-30(27)34-5/h7-21,34-35H,6,22H2,1-5H3. The van der Waals surface area contributed by atoms with Crippen molar-refractivity contribution in [2.45, 2.75) is 44.9 Å². The van der Waals surface area contributed by atoms with Gasteiger partial charge in [-0.2, -0.15) is 0 Å². The summed E-state index contributed by atoms with van der Waals surface area (Å²) >= 11 is 0. The molecule has 0 saturated carbocycles. The van der Waals surface area contributed by atoms with E-state index >= 15 is 0 Å². The molecule has 0 heterocycles. The summed E-state index contributed by atoms with van der Waals surface area (Å²) in [4.78, 5) is 0. The molecule has 1 unspecified atom stereocenters. The second-order valence-corrected chi connectivity index (χ2v) is 10.6. The van der Waals surface area contributed by atoms with Crippen molar-refractivity contribution in [1.82, 2.24) is 0 Å². The zero-order valence-electron chi connectivity index (χ0n) is 21.6. The fourth-order valence-electron chi connectivity index (χ4n) is 6.14. The number of rotatable bonds is 6. The van der Waals surface area contributed by atoms with Gasteiger partial charge in [0, 0.05) is 41.5 Å². The average Bonchev–Trinajstić information content (AvgIpc) is 3.10. The fourth-order valence-corrected chi connectivity index (χ4v) is 6.14. The Hall–Kier alpha value is -3.52. The summed E-state index contributed by atoms with van der Waals surface area (Å²) in [6.45, 7) is 10.3. The van der Waals surface area contributed by atoms with Crippen molar-refractivity contribution in [3.8, 4) is 22.3 Å². The van der Waals surface area contributed by atoms with Crippen LogP contribution in [0.1, 0.15) is 50.8 Å². The third kappa shape index (κ3) is 4.01. The van der Waals surface area contributed by atoms with E-state index in [1.165, 1.54) is 44.6 Å². The SMILES string of the molecule is CCNc1ccccc1-c1ccc(C2(C)CC(C)(C)c3ccc(-c4ccccc4NC)cc32)cc1. The van der Waals surface area contributed by atoms with E-state index in [1.807, 2.05) is 7.05 Å². The van der Waals surface area contributed by atoms with Crippen LogP contribution in [0.5, 0.6) is 0 Å². The minimum Gasteiger partial charge on any atom is -0.388 e. The maximum Gasteiger partial charge on any atom is 0.0419 e. The lowest BCUT2D eigenvalue weighted by Gasteiger charge is -2.29. The lowest BCUT2D eigenvalue weighted by atomic mass is 9.74. The smallest absolute Gasteiger partial charge is 0.0419 e. The summed E-state index contributed by atoms with van der Waals surface area (Å²) in [5.41, 5.74) is 11.8. The van der Waals surface area contributed by atoms with Crippen molar-refractivity contribution in [2.24, 2.45) is 0 Å². The molecular weight excluding hydrogens is 424 g/mol. The van der Waals surface area contributed by atoms with Gasteiger partial charge in [-0.25, -0.2) is 0 Å². The van der Waals surface area contributed by atoms with Gasteiger partial charge >= 0.3 is 0 Å². The van der Waals surface area contributed by atoms with Crippen molar-refractivity contribution in [2.75, 3.05) is 24.2 Å². The molecule has 1 atom stereocenters. The zero-order valence-corrected chi connectivity index (χ0v) is 21.6. The molecule has 4 aromatic rings. The van der Waals surface area contributed by atoms with Crippen molar-refractivity contribution >= 4 is 11.4 Å². The van der Waals surface area contributed by atoms with Crippen LogP contribution >= 0.6 is 0 Å². The molecule has 1 aliphatic rings. The van der Waals surface area contributed by atoms with E-state index in [1.54, 1.807) is 0 Å².